The van der Waals surface area contributed by atoms with Crippen LogP contribution in [0.25, 0.3) is 10.6 Å². The monoisotopic (exact) mass is 248 g/mol. The van der Waals surface area contributed by atoms with Gasteiger partial charge in [-0.25, -0.2) is 4.98 Å². The summed E-state index contributed by atoms with van der Waals surface area (Å²) in [6.45, 7) is 1.44. The number of nitro groups is 1. The molecular weight excluding hydrogens is 240 g/mol. The Morgan fingerprint density at radius 1 is 1.41 bits per heavy atom. The van der Waals surface area contributed by atoms with Gasteiger partial charge in [0.25, 0.3) is 5.69 Å². The van der Waals surface area contributed by atoms with Crippen LogP contribution in [0.5, 0.6) is 0 Å². The number of carbonyl (C=O) groups excluding carboxylic acids is 1. The van der Waals surface area contributed by atoms with Crippen LogP contribution in [-0.4, -0.2) is 15.7 Å². The Labute approximate surface area is 101 Å². The minimum absolute atomic E-state index is 0.00282. The Morgan fingerprint density at radius 2 is 2.12 bits per heavy atom. The van der Waals surface area contributed by atoms with Crippen LogP contribution in [0.4, 0.5) is 5.69 Å². The van der Waals surface area contributed by atoms with Gasteiger partial charge in [0.1, 0.15) is 5.01 Å². The van der Waals surface area contributed by atoms with Crippen LogP contribution in [0.3, 0.4) is 0 Å². The molecule has 1 heterocycles. The van der Waals surface area contributed by atoms with E-state index in [1.165, 1.54) is 19.2 Å². The van der Waals surface area contributed by atoms with Crippen molar-refractivity contribution >= 4 is 22.8 Å². The van der Waals surface area contributed by atoms with E-state index in [4.69, 9.17) is 0 Å². The van der Waals surface area contributed by atoms with Gasteiger partial charge in [0.2, 0.25) is 0 Å². The molecule has 0 atom stereocenters. The van der Waals surface area contributed by atoms with Crippen molar-refractivity contribution in [3.63, 3.8) is 0 Å². The number of rotatable bonds is 3. The van der Waals surface area contributed by atoms with E-state index in [2.05, 4.69) is 4.98 Å². The van der Waals surface area contributed by atoms with Gasteiger partial charge in [-0.3, -0.25) is 14.9 Å². The lowest BCUT2D eigenvalue weighted by Gasteiger charge is -1.97. The fraction of sp³-hybridized carbons (Fsp3) is 0.0909. The summed E-state index contributed by atoms with van der Waals surface area (Å²) in [4.78, 5) is 26.1. The van der Waals surface area contributed by atoms with Crippen molar-refractivity contribution in [3.05, 3.63) is 45.5 Å². The molecule has 6 heteroatoms. The number of hydrogen-bond donors (Lipinski definition) is 0. The lowest BCUT2D eigenvalue weighted by molar-refractivity contribution is -0.384. The molecule has 0 unspecified atom stereocenters. The van der Waals surface area contributed by atoms with Crippen molar-refractivity contribution < 1.29 is 9.72 Å². The van der Waals surface area contributed by atoms with Crippen molar-refractivity contribution in [3.8, 4) is 10.6 Å². The lowest BCUT2D eigenvalue weighted by Crippen LogP contribution is -1.90. The van der Waals surface area contributed by atoms with Gasteiger partial charge < -0.3 is 0 Å². The van der Waals surface area contributed by atoms with Crippen LogP contribution in [-0.2, 0) is 0 Å². The molecule has 5 nitrogen and oxygen atoms in total. The van der Waals surface area contributed by atoms with Gasteiger partial charge in [-0.2, -0.15) is 0 Å². The third-order valence-corrected chi connectivity index (χ3v) is 3.32. The number of hydrogen-bond acceptors (Lipinski definition) is 5. The summed E-state index contributed by atoms with van der Waals surface area (Å²) >= 11 is 1.16. The van der Waals surface area contributed by atoms with Gasteiger partial charge in [0.05, 0.1) is 15.4 Å². The molecule has 0 N–H and O–H groups in total. The lowest BCUT2D eigenvalue weighted by atomic mass is 10.2. The summed E-state index contributed by atoms with van der Waals surface area (Å²) < 4.78 is 0. The molecule has 0 saturated heterocycles. The predicted molar refractivity (Wildman–Crippen MR) is 64.2 cm³/mol. The van der Waals surface area contributed by atoms with Gasteiger partial charge in [-0.1, -0.05) is 12.1 Å². The molecule has 2 rings (SSSR count). The highest BCUT2D eigenvalue weighted by Crippen LogP contribution is 2.32. The van der Waals surface area contributed by atoms with Crippen LogP contribution in [0.15, 0.2) is 30.5 Å². The summed E-state index contributed by atoms with van der Waals surface area (Å²) in [6, 6.07) is 6.35. The highest BCUT2D eigenvalue weighted by molar-refractivity contribution is 7.17. The molecule has 2 aromatic rings. The second kappa shape index (κ2) is 4.42. The zero-order chi connectivity index (χ0) is 12.4. The fourth-order valence-electron chi connectivity index (χ4n) is 1.38. The summed E-state index contributed by atoms with van der Waals surface area (Å²) in [5.74, 6) is -0.0904. The number of nitro benzene ring substituents is 1. The first kappa shape index (κ1) is 11.4. The predicted octanol–water partition coefficient (Wildman–Crippen LogP) is 2.92. The van der Waals surface area contributed by atoms with Gasteiger partial charge >= 0.3 is 0 Å². The number of ketones is 1. The molecule has 0 saturated carbocycles. The summed E-state index contributed by atoms with van der Waals surface area (Å²) in [7, 11) is 0. The molecule has 0 amide bonds. The molecule has 1 aromatic carbocycles. The first-order chi connectivity index (χ1) is 8.09. The average Bonchev–Trinajstić information content (AvgIpc) is 2.78. The van der Waals surface area contributed by atoms with Crippen molar-refractivity contribution in [2.24, 2.45) is 0 Å². The Morgan fingerprint density at radius 3 is 2.71 bits per heavy atom. The zero-order valence-electron chi connectivity index (χ0n) is 8.91. The molecular formula is C11H8N2O3S. The summed E-state index contributed by atoms with van der Waals surface area (Å²) in [5.41, 5.74) is 0.437. The SMILES string of the molecule is CC(=O)c1cnc(-c2ccccc2[N+](=O)[O-])s1. The largest absolute Gasteiger partial charge is 0.294 e. The zero-order valence-corrected chi connectivity index (χ0v) is 9.73. The molecule has 0 radical (unpaired) electrons. The Kier molecular flexibility index (Phi) is 2.97. The van der Waals surface area contributed by atoms with Crippen LogP contribution >= 0.6 is 11.3 Å². The molecule has 0 spiro atoms. The average molecular weight is 248 g/mol. The first-order valence-corrected chi connectivity index (χ1v) is 5.62. The highest BCUT2D eigenvalue weighted by Gasteiger charge is 2.17. The number of nitrogens with zero attached hydrogens (tertiary/aromatic N) is 2. The van der Waals surface area contributed by atoms with E-state index in [0.717, 1.165) is 11.3 Å². The third kappa shape index (κ3) is 2.21. The Balaban J connectivity index is 2.52. The summed E-state index contributed by atoms with van der Waals surface area (Å²) in [5, 5.41) is 11.3. The normalized spacial score (nSPS) is 10.2. The van der Waals surface area contributed by atoms with Crippen molar-refractivity contribution in [1.82, 2.24) is 4.98 Å². The Bertz CT molecular complexity index is 592. The van der Waals surface area contributed by atoms with Gasteiger partial charge in [0.15, 0.2) is 5.78 Å². The van der Waals surface area contributed by atoms with Crippen molar-refractivity contribution in [2.75, 3.05) is 0 Å². The van der Waals surface area contributed by atoms with E-state index < -0.39 is 4.92 Å². The highest BCUT2D eigenvalue weighted by atomic mass is 32.1. The number of Topliss-reactive ketones (excluding diaryl/α,β-unsaturated/α-hetero) is 1. The molecule has 0 fully saturated rings. The number of thiazole rings is 1. The van der Waals surface area contributed by atoms with E-state index in [-0.39, 0.29) is 11.5 Å². The molecule has 0 aliphatic carbocycles. The topological polar surface area (TPSA) is 73.1 Å². The summed E-state index contributed by atoms with van der Waals surface area (Å²) in [6.07, 6.45) is 1.44. The van der Waals surface area contributed by atoms with E-state index in [0.29, 0.717) is 15.4 Å². The second-order valence-electron chi connectivity index (χ2n) is 3.36. The molecule has 0 bridgehead atoms. The quantitative estimate of drug-likeness (QED) is 0.475. The van der Waals surface area contributed by atoms with Crippen LogP contribution < -0.4 is 0 Å². The van der Waals surface area contributed by atoms with E-state index in [1.54, 1.807) is 18.2 Å². The molecule has 0 aliphatic rings. The first-order valence-electron chi connectivity index (χ1n) is 4.80. The van der Waals surface area contributed by atoms with Crippen LogP contribution in [0, 0.1) is 10.1 Å². The number of para-hydroxylation sites is 1. The van der Waals surface area contributed by atoms with Gasteiger partial charge in [0, 0.05) is 19.2 Å². The van der Waals surface area contributed by atoms with Crippen LogP contribution in [0.2, 0.25) is 0 Å². The van der Waals surface area contributed by atoms with Gasteiger partial charge in [-0.15, -0.1) is 11.3 Å². The second-order valence-corrected chi connectivity index (χ2v) is 4.39. The third-order valence-electron chi connectivity index (χ3n) is 2.18. The van der Waals surface area contributed by atoms with E-state index in [1.807, 2.05) is 0 Å². The minimum atomic E-state index is -0.454. The standard InChI is InChI=1S/C11H8N2O3S/c1-7(14)10-6-12-11(17-10)8-4-2-3-5-9(8)13(15)16/h2-6H,1H3. The number of carbonyl (C=O) groups is 1. The smallest absolute Gasteiger partial charge is 0.279 e. The minimum Gasteiger partial charge on any atom is -0.294 e. The van der Waals surface area contributed by atoms with E-state index in [9.17, 15) is 14.9 Å². The number of aromatic nitrogens is 1. The molecule has 1 aromatic heterocycles. The number of benzene rings is 1. The van der Waals surface area contributed by atoms with Crippen molar-refractivity contribution in [2.45, 2.75) is 6.92 Å². The molecule has 17 heavy (non-hydrogen) atoms. The van der Waals surface area contributed by atoms with E-state index >= 15 is 0 Å². The Hall–Kier alpha value is -2.08. The molecule has 86 valence electrons. The molecule has 0 aliphatic heterocycles. The maximum Gasteiger partial charge on any atom is 0.279 e. The fourth-order valence-corrected chi connectivity index (χ4v) is 2.22. The maximum atomic E-state index is 11.1. The van der Waals surface area contributed by atoms with Gasteiger partial charge in [-0.05, 0) is 6.07 Å². The maximum absolute atomic E-state index is 11.1. The van der Waals surface area contributed by atoms with Crippen LogP contribution in [0.1, 0.15) is 16.6 Å². The van der Waals surface area contributed by atoms with Crippen molar-refractivity contribution in [1.29, 1.82) is 0 Å².